The van der Waals surface area contributed by atoms with Crippen molar-refractivity contribution in [2.45, 2.75) is 146 Å². The first-order valence-corrected chi connectivity index (χ1v) is 16.5. The lowest BCUT2D eigenvalue weighted by molar-refractivity contribution is 0.000174. The van der Waals surface area contributed by atoms with E-state index in [0.717, 1.165) is 36.9 Å². The molecule has 6 unspecified atom stereocenters. The SMILES string of the molecule is CC1=CCC(C)CC1.CC1=CCC(C)CC1.CC1CCC(C)OC1.CC1CCC(C)OC1.Cc1ccc(C)cc1. The zero-order chi connectivity index (χ0) is 29.9. The average molecular weight is 555 g/mol. The second-order valence-electron chi connectivity index (χ2n) is 13.7. The Kier molecular flexibility index (Phi) is 19.6. The molecule has 4 aliphatic rings. The topological polar surface area (TPSA) is 18.5 Å². The quantitative estimate of drug-likeness (QED) is 0.297. The summed E-state index contributed by atoms with van der Waals surface area (Å²) in [5.74, 6) is 3.48. The van der Waals surface area contributed by atoms with Gasteiger partial charge in [0.1, 0.15) is 0 Å². The fourth-order valence-corrected chi connectivity index (χ4v) is 4.86. The van der Waals surface area contributed by atoms with E-state index in [2.05, 4.69) is 106 Å². The molecule has 1 aromatic carbocycles. The van der Waals surface area contributed by atoms with Gasteiger partial charge in [0.25, 0.3) is 0 Å². The van der Waals surface area contributed by atoms with E-state index in [4.69, 9.17) is 9.47 Å². The number of ether oxygens (including phenoxy) is 2. The molecule has 2 aliphatic carbocycles. The molecule has 2 heterocycles. The maximum Gasteiger partial charge on any atom is 0.0547 e. The van der Waals surface area contributed by atoms with Crippen LogP contribution in [-0.4, -0.2) is 25.4 Å². The Balaban J connectivity index is 0.000000250. The van der Waals surface area contributed by atoms with Gasteiger partial charge in [0.15, 0.2) is 0 Å². The van der Waals surface area contributed by atoms with Gasteiger partial charge in [-0.25, -0.2) is 0 Å². The van der Waals surface area contributed by atoms with E-state index in [-0.39, 0.29) is 0 Å². The van der Waals surface area contributed by atoms with E-state index < -0.39 is 0 Å². The van der Waals surface area contributed by atoms with Crippen LogP contribution < -0.4 is 0 Å². The Morgan fingerprint density at radius 1 is 0.475 bits per heavy atom. The average Bonchev–Trinajstić information content (AvgIpc) is 2.94. The highest BCUT2D eigenvalue weighted by atomic mass is 16.5. The predicted molar refractivity (Wildman–Crippen MR) is 177 cm³/mol. The van der Waals surface area contributed by atoms with Crippen molar-refractivity contribution >= 4 is 0 Å². The fraction of sp³-hybridized carbons (Fsp3) is 0.737. The Morgan fingerprint density at radius 3 is 1.02 bits per heavy atom. The molecular weight excluding hydrogens is 488 g/mol. The third-order valence-electron chi connectivity index (χ3n) is 8.48. The Labute approximate surface area is 250 Å². The standard InChI is InChI=1S/2C8H14.C8H10.2C7H14O/c3*1-7-3-5-8(2)6-4-7;2*1-6-3-4-7(2)8-5-6/h2*3,8H,4-6H2,1-2H3;3-6H,1-2H3;2*6-7H,3-5H2,1-2H3. The number of hydrogen-bond donors (Lipinski definition) is 0. The molecule has 0 bridgehead atoms. The molecule has 2 saturated heterocycles. The number of hydrogen-bond acceptors (Lipinski definition) is 2. The Morgan fingerprint density at radius 2 is 0.825 bits per heavy atom. The fourth-order valence-electron chi connectivity index (χ4n) is 4.86. The van der Waals surface area contributed by atoms with Crippen LogP contribution in [0, 0.1) is 37.5 Å². The van der Waals surface area contributed by atoms with Crippen LogP contribution in [0.3, 0.4) is 0 Å². The highest BCUT2D eigenvalue weighted by molar-refractivity contribution is 5.19. The Hall–Kier alpha value is -1.38. The lowest BCUT2D eigenvalue weighted by Crippen LogP contribution is -2.21. The molecule has 2 aliphatic heterocycles. The summed E-state index contributed by atoms with van der Waals surface area (Å²) < 4.78 is 10.8. The number of allylic oxidation sites excluding steroid dienone is 4. The van der Waals surface area contributed by atoms with Gasteiger partial charge in [0, 0.05) is 13.2 Å². The first kappa shape index (κ1) is 36.6. The summed E-state index contributed by atoms with van der Waals surface area (Å²) in [5, 5.41) is 0. The molecule has 0 amide bonds. The molecule has 0 aromatic heterocycles. The van der Waals surface area contributed by atoms with Crippen molar-refractivity contribution in [2.75, 3.05) is 13.2 Å². The summed E-state index contributed by atoms with van der Waals surface area (Å²) in [6.45, 7) is 24.0. The van der Waals surface area contributed by atoms with Crippen LogP contribution in [0.25, 0.3) is 0 Å². The molecule has 1 aromatic rings. The molecule has 6 atom stereocenters. The largest absolute Gasteiger partial charge is 0.378 e. The van der Waals surface area contributed by atoms with E-state index in [1.54, 1.807) is 11.1 Å². The predicted octanol–water partition coefficient (Wildman–Crippen LogP) is 11.5. The van der Waals surface area contributed by atoms with Gasteiger partial charge in [-0.05, 0) is 129 Å². The minimum Gasteiger partial charge on any atom is -0.378 e. The summed E-state index contributed by atoms with van der Waals surface area (Å²) >= 11 is 0. The number of benzene rings is 1. The summed E-state index contributed by atoms with van der Waals surface area (Å²) in [6, 6.07) is 8.48. The zero-order valence-electron chi connectivity index (χ0n) is 28.2. The monoisotopic (exact) mass is 555 g/mol. The molecule has 2 heteroatoms. The highest BCUT2D eigenvalue weighted by Crippen LogP contribution is 2.22. The van der Waals surface area contributed by atoms with Crippen LogP contribution in [0.2, 0.25) is 0 Å². The molecule has 5 rings (SSSR count). The van der Waals surface area contributed by atoms with Crippen LogP contribution in [0.4, 0.5) is 0 Å². The van der Waals surface area contributed by atoms with Crippen molar-refractivity contribution in [1.82, 2.24) is 0 Å². The van der Waals surface area contributed by atoms with Crippen LogP contribution in [0.15, 0.2) is 47.6 Å². The van der Waals surface area contributed by atoms with Crippen LogP contribution in [0.5, 0.6) is 0 Å². The van der Waals surface area contributed by atoms with Crippen LogP contribution in [0.1, 0.15) is 131 Å². The summed E-state index contributed by atoms with van der Waals surface area (Å²) in [6.07, 6.45) is 19.1. The minimum absolute atomic E-state index is 0.520. The van der Waals surface area contributed by atoms with Gasteiger partial charge in [-0.1, -0.05) is 86.4 Å². The van der Waals surface area contributed by atoms with E-state index >= 15 is 0 Å². The lowest BCUT2D eigenvalue weighted by Gasteiger charge is -2.23. The molecule has 0 radical (unpaired) electrons. The third kappa shape index (κ3) is 19.7. The van der Waals surface area contributed by atoms with Gasteiger partial charge in [0.2, 0.25) is 0 Å². The summed E-state index contributed by atoms with van der Waals surface area (Å²) in [4.78, 5) is 0. The number of rotatable bonds is 0. The number of aryl methyl sites for hydroxylation is 2. The molecule has 230 valence electrons. The molecular formula is C38H66O2. The third-order valence-corrected chi connectivity index (χ3v) is 8.48. The van der Waals surface area contributed by atoms with E-state index in [0.29, 0.717) is 12.2 Å². The van der Waals surface area contributed by atoms with Crippen molar-refractivity contribution in [2.24, 2.45) is 23.7 Å². The van der Waals surface area contributed by atoms with Crippen molar-refractivity contribution in [3.05, 3.63) is 58.7 Å². The zero-order valence-corrected chi connectivity index (χ0v) is 28.2. The maximum atomic E-state index is 5.39. The molecule has 40 heavy (non-hydrogen) atoms. The van der Waals surface area contributed by atoms with Gasteiger partial charge in [-0.2, -0.15) is 0 Å². The maximum absolute atomic E-state index is 5.39. The smallest absolute Gasteiger partial charge is 0.0547 e. The second-order valence-corrected chi connectivity index (χ2v) is 13.7. The van der Waals surface area contributed by atoms with Gasteiger partial charge >= 0.3 is 0 Å². The molecule has 0 saturated carbocycles. The van der Waals surface area contributed by atoms with Gasteiger partial charge in [0.05, 0.1) is 12.2 Å². The van der Waals surface area contributed by atoms with E-state index in [1.807, 2.05) is 0 Å². The van der Waals surface area contributed by atoms with Crippen molar-refractivity contribution in [1.29, 1.82) is 0 Å². The van der Waals surface area contributed by atoms with Gasteiger partial charge in [-0.15, -0.1) is 0 Å². The summed E-state index contributed by atoms with van der Waals surface area (Å²) in [7, 11) is 0. The highest BCUT2D eigenvalue weighted by Gasteiger charge is 2.14. The van der Waals surface area contributed by atoms with E-state index in [1.165, 1.54) is 75.3 Å². The molecule has 0 N–H and O–H groups in total. The van der Waals surface area contributed by atoms with Crippen molar-refractivity contribution < 1.29 is 9.47 Å². The minimum atomic E-state index is 0.520. The molecule has 2 nitrogen and oxygen atoms in total. The first-order valence-electron chi connectivity index (χ1n) is 16.5. The van der Waals surface area contributed by atoms with Gasteiger partial charge in [-0.3, -0.25) is 0 Å². The molecule has 0 spiro atoms. The van der Waals surface area contributed by atoms with Crippen LogP contribution in [-0.2, 0) is 9.47 Å². The van der Waals surface area contributed by atoms with Gasteiger partial charge < -0.3 is 9.47 Å². The molecule has 2 fully saturated rings. The summed E-state index contributed by atoms with van der Waals surface area (Å²) in [5.41, 5.74) is 5.83. The Bertz CT molecular complexity index is 715. The second kappa shape index (κ2) is 21.3. The van der Waals surface area contributed by atoms with Crippen LogP contribution >= 0.6 is 0 Å². The lowest BCUT2D eigenvalue weighted by atomic mass is 9.92. The van der Waals surface area contributed by atoms with Crippen molar-refractivity contribution in [3.8, 4) is 0 Å². The van der Waals surface area contributed by atoms with E-state index in [9.17, 15) is 0 Å². The van der Waals surface area contributed by atoms with Crippen molar-refractivity contribution in [3.63, 3.8) is 0 Å². The normalized spacial score (nSPS) is 29.6. The first-order chi connectivity index (χ1) is 18.9.